The summed E-state index contributed by atoms with van der Waals surface area (Å²) < 4.78 is 0. The van der Waals surface area contributed by atoms with Gasteiger partial charge in [0.1, 0.15) is 0 Å². The molecule has 19 heavy (non-hydrogen) atoms. The molecule has 0 amide bonds. The van der Waals surface area contributed by atoms with Gasteiger partial charge in [-0.25, -0.2) is 0 Å². The Balaban J connectivity index is 1.76. The van der Waals surface area contributed by atoms with Crippen LogP contribution in [0, 0.1) is 19.8 Å². The van der Waals surface area contributed by atoms with Crippen LogP contribution in [0.1, 0.15) is 39.4 Å². The first-order chi connectivity index (χ1) is 9.15. The third-order valence-electron chi connectivity index (χ3n) is 3.93. The largest absolute Gasteiger partial charge is 0.294 e. The highest BCUT2D eigenvalue weighted by molar-refractivity contribution is 6.00. The fourth-order valence-electron chi connectivity index (χ4n) is 2.69. The number of benzene rings is 2. The van der Waals surface area contributed by atoms with Crippen molar-refractivity contribution in [3.8, 4) is 0 Å². The molecule has 1 fully saturated rings. The van der Waals surface area contributed by atoms with Crippen molar-refractivity contribution in [2.45, 2.75) is 26.2 Å². The molecule has 2 unspecified atom stereocenters. The molecule has 3 rings (SSSR count). The molecule has 0 aromatic heterocycles. The molecule has 0 radical (unpaired) electrons. The van der Waals surface area contributed by atoms with Crippen LogP contribution in [0.3, 0.4) is 0 Å². The van der Waals surface area contributed by atoms with E-state index in [2.05, 4.69) is 31.2 Å². The van der Waals surface area contributed by atoms with E-state index in [1.165, 1.54) is 16.7 Å². The van der Waals surface area contributed by atoms with Crippen LogP contribution in [0.2, 0.25) is 0 Å². The maximum absolute atomic E-state index is 12.4. The molecule has 0 heterocycles. The van der Waals surface area contributed by atoms with Gasteiger partial charge in [0.05, 0.1) is 0 Å². The van der Waals surface area contributed by atoms with Crippen molar-refractivity contribution in [3.05, 3.63) is 70.8 Å². The topological polar surface area (TPSA) is 17.1 Å². The smallest absolute Gasteiger partial charge is 0.166 e. The minimum atomic E-state index is 0.185. The van der Waals surface area contributed by atoms with Gasteiger partial charge in [0.15, 0.2) is 5.78 Å². The molecule has 0 saturated heterocycles. The lowest BCUT2D eigenvalue weighted by Crippen LogP contribution is -2.03. The van der Waals surface area contributed by atoms with Gasteiger partial charge >= 0.3 is 0 Å². The highest BCUT2D eigenvalue weighted by Gasteiger charge is 2.43. The van der Waals surface area contributed by atoms with Gasteiger partial charge in [0.25, 0.3) is 0 Å². The Labute approximate surface area is 114 Å². The van der Waals surface area contributed by atoms with Crippen LogP contribution in [-0.2, 0) is 0 Å². The third kappa shape index (κ3) is 2.46. The maximum atomic E-state index is 12.4. The van der Waals surface area contributed by atoms with E-state index in [0.29, 0.717) is 11.7 Å². The first kappa shape index (κ1) is 12.2. The molecule has 2 aromatic rings. The van der Waals surface area contributed by atoms with Crippen molar-refractivity contribution in [1.29, 1.82) is 0 Å². The van der Waals surface area contributed by atoms with Gasteiger partial charge in [-0.3, -0.25) is 4.79 Å². The van der Waals surface area contributed by atoms with Crippen molar-refractivity contribution in [3.63, 3.8) is 0 Å². The van der Waals surface area contributed by atoms with Crippen LogP contribution < -0.4 is 0 Å². The van der Waals surface area contributed by atoms with Crippen molar-refractivity contribution < 1.29 is 4.79 Å². The summed E-state index contributed by atoms with van der Waals surface area (Å²) in [5, 5.41) is 0. The number of Topliss-reactive ketones (excluding diaryl/α,β-unsaturated/α-hetero) is 1. The lowest BCUT2D eigenvalue weighted by molar-refractivity contribution is 0.0965. The molecule has 1 aliphatic carbocycles. The van der Waals surface area contributed by atoms with Crippen LogP contribution in [0.25, 0.3) is 0 Å². The summed E-state index contributed by atoms with van der Waals surface area (Å²) in [5.74, 6) is 0.907. The summed E-state index contributed by atoms with van der Waals surface area (Å²) in [5.41, 5.74) is 4.63. The molecule has 96 valence electrons. The second kappa shape index (κ2) is 4.65. The normalized spacial score (nSPS) is 21.2. The highest BCUT2D eigenvalue weighted by Crippen LogP contribution is 2.49. The first-order valence-electron chi connectivity index (χ1n) is 6.82. The summed E-state index contributed by atoms with van der Waals surface area (Å²) in [7, 11) is 0. The summed E-state index contributed by atoms with van der Waals surface area (Å²) >= 11 is 0. The quantitative estimate of drug-likeness (QED) is 0.743. The molecule has 1 heteroatoms. The number of ketones is 1. The molecule has 1 saturated carbocycles. The lowest BCUT2D eigenvalue weighted by atomic mass is 10.0. The number of hydrogen-bond donors (Lipinski definition) is 0. The molecule has 0 aliphatic heterocycles. The van der Waals surface area contributed by atoms with Gasteiger partial charge in [-0.2, -0.15) is 0 Å². The van der Waals surface area contributed by atoms with Gasteiger partial charge in [-0.15, -0.1) is 0 Å². The zero-order chi connectivity index (χ0) is 13.4. The van der Waals surface area contributed by atoms with Gasteiger partial charge in [-0.05, 0) is 31.7 Å². The Morgan fingerprint density at radius 2 is 1.74 bits per heavy atom. The van der Waals surface area contributed by atoms with Crippen LogP contribution in [-0.4, -0.2) is 5.78 Å². The molecule has 0 N–H and O–H groups in total. The van der Waals surface area contributed by atoms with E-state index < -0.39 is 0 Å². The lowest BCUT2D eigenvalue weighted by Gasteiger charge is -2.03. The van der Waals surface area contributed by atoms with Crippen molar-refractivity contribution in [2.24, 2.45) is 5.92 Å². The van der Waals surface area contributed by atoms with Crippen LogP contribution in [0.4, 0.5) is 0 Å². The Hall–Kier alpha value is -1.89. The van der Waals surface area contributed by atoms with Gasteiger partial charge < -0.3 is 0 Å². The average molecular weight is 250 g/mol. The predicted octanol–water partition coefficient (Wildman–Crippen LogP) is 4.29. The molecule has 2 aromatic carbocycles. The fraction of sp³-hybridized carbons (Fsp3) is 0.278. The molecular formula is C18H18O. The van der Waals surface area contributed by atoms with Gasteiger partial charge in [0.2, 0.25) is 0 Å². The second-order valence-corrected chi connectivity index (χ2v) is 5.59. The van der Waals surface area contributed by atoms with E-state index in [-0.39, 0.29) is 5.92 Å². The minimum absolute atomic E-state index is 0.185. The van der Waals surface area contributed by atoms with Crippen molar-refractivity contribution >= 4 is 5.78 Å². The van der Waals surface area contributed by atoms with Crippen LogP contribution in [0.5, 0.6) is 0 Å². The predicted molar refractivity (Wildman–Crippen MR) is 77.5 cm³/mol. The van der Waals surface area contributed by atoms with Crippen LogP contribution >= 0.6 is 0 Å². The number of rotatable bonds is 3. The zero-order valence-electron chi connectivity index (χ0n) is 11.4. The number of carbonyl (C=O) groups excluding carboxylic acids is 1. The standard InChI is InChI=1S/C18H18O/c1-12-6-8-14(9-7-12)18(19)17-11-16(17)15-5-3-4-13(2)10-15/h3-10,16-17H,11H2,1-2H3. The monoisotopic (exact) mass is 250 g/mol. The second-order valence-electron chi connectivity index (χ2n) is 5.59. The van der Waals surface area contributed by atoms with Crippen molar-refractivity contribution in [2.75, 3.05) is 0 Å². The SMILES string of the molecule is Cc1ccc(C(=O)C2CC2c2cccc(C)c2)cc1. The van der Waals surface area contributed by atoms with E-state index in [9.17, 15) is 4.79 Å². The number of aryl methyl sites for hydroxylation is 2. The third-order valence-corrected chi connectivity index (χ3v) is 3.93. The minimum Gasteiger partial charge on any atom is -0.294 e. The van der Waals surface area contributed by atoms with Crippen LogP contribution in [0.15, 0.2) is 48.5 Å². The molecule has 1 nitrogen and oxygen atoms in total. The van der Waals surface area contributed by atoms with E-state index >= 15 is 0 Å². The molecule has 2 atom stereocenters. The Morgan fingerprint density at radius 1 is 1.00 bits per heavy atom. The molecule has 0 bridgehead atoms. The van der Waals surface area contributed by atoms with E-state index in [0.717, 1.165) is 12.0 Å². The molecular weight excluding hydrogens is 232 g/mol. The first-order valence-corrected chi connectivity index (χ1v) is 6.82. The van der Waals surface area contributed by atoms with E-state index in [1.54, 1.807) is 0 Å². The van der Waals surface area contributed by atoms with E-state index in [1.807, 2.05) is 31.2 Å². The number of carbonyl (C=O) groups is 1. The summed E-state index contributed by atoms with van der Waals surface area (Å²) in [4.78, 5) is 12.4. The summed E-state index contributed by atoms with van der Waals surface area (Å²) in [6, 6.07) is 16.4. The van der Waals surface area contributed by atoms with Crippen molar-refractivity contribution in [1.82, 2.24) is 0 Å². The fourth-order valence-corrected chi connectivity index (χ4v) is 2.69. The summed E-state index contributed by atoms with van der Waals surface area (Å²) in [6.07, 6.45) is 0.996. The molecule has 0 spiro atoms. The molecule has 1 aliphatic rings. The Bertz CT molecular complexity index is 610. The average Bonchev–Trinajstić information content (AvgIpc) is 3.19. The van der Waals surface area contributed by atoms with E-state index in [4.69, 9.17) is 0 Å². The van der Waals surface area contributed by atoms with Gasteiger partial charge in [-0.1, -0.05) is 59.7 Å². The van der Waals surface area contributed by atoms with Gasteiger partial charge in [0, 0.05) is 11.5 Å². The Morgan fingerprint density at radius 3 is 2.42 bits per heavy atom. The number of hydrogen-bond acceptors (Lipinski definition) is 1. The Kier molecular flexibility index (Phi) is 2.98. The zero-order valence-corrected chi connectivity index (χ0v) is 11.4. The maximum Gasteiger partial charge on any atom is 0.166 e. The highest BCUT2D eigenvalue weighted by atomic mass is 16.1. The summed E-state index contributed by atoms with van der Waals surface area (Å²) in [6.45, 7) is 4.14.